The average molecular weight is 564 g/mol. The van der Waals surface area contributed by atoms with Crippen LogP contribution in [0.2, 0.25) is 10.0 Å². The van der Waals surface area contributed by atoms with Crippen LogP contribution >= 0.6 is 23.2 Å². The van der Waals surface area contributed by atoms with Crippen LogP contribution < -0.4 is 4.90 Å². The summed E-state index contributed by atoms with van der Waals surface area (Å²) in [4.78, 5) is 18.4. The molecule has 39 heavy (non-hydrogen) atoms. The second kappa shape index (κ2) is 9.51. The summed E-state index contributed by atoms with van der Waals surface area (Å²) in [5.74, 6) is 1.31. The lowest BCUT2D eigenvalue weighted by molar-refractivity contribution is -0.0796. The van der Waals surface area contributed by atoms with Crippen LogP contribution in [0.3, 0.4) is 0 Å². The van der Waals surface area contributed by atoms with Gasteiger partial charge in [0, 0.05) is 35.5 Å². The smallest absolute Gasteiger partial charge is 0.335 e. The molecule has 3 fully saturated rings. The number of rotatable bonds is 7. The van der Waals surface area contributed by atoms with E-state index in [1.807, 2.05) is 30.3 Å². The van der Waals surface area contributed by atoms with Gasteiger partial charge in [-0.15, -0.1) is 0 Å². The van der Waals surface area contributed by atoms with Gasteiger partial charge in [0.2, 0.25) is 0 Å². The monoisotopic (exact) mass is 563 g/mol. The van der Waals surface area contributed by atoms with E-state index in [2.05, 4.69) is 10.1 Å². The number of fused-ring (bicyclic) bond motifs is 1. The van der Waals surface area contributed by atoms with Crippen LogP contribution in [0, 0.1) is 5.41 Å². The van der Waals surface area contributed by atoms with Gasteiger partial charge in [0.1, 0.15) is 17.3 Å². The maximum absolute atomic E-state index is 11.3. The summed E-state index contributed by atoms with van der Waals surface area (Å²) in [7, 11) is 0. The fraction of sp³-hybridized carbons (Fsp3) is 0.367. The summed E-state index contributed by atoms with van der Waals surface area (Å²) in [5.41, 5.74) is 3.67. The first kappa shape index (κ1) is 24.9. The zero-order valence-electron chi connectivity index (χ0n) is 21.2. The normalized spacial score (nSPS) is 22.5. The molecule has 2 aromatic carbocycles. The van der Waals surface area contributed by atoms with Crippen molar-refractivity contribution in [1.29, 1.82) is 0 Å². The molecule has 7 nitrogen and oxygen atoms in total. The van der Waals surface area contributed by atoms with Crippen LogP contribution in [-0.2, 0) is 11.3 Å². The molecule has 1 saturated heterocycles. The second-order valence-electron chi connectivity index (χ2n) is 11.1. The van der Waals surface area contributed by atoms with Crippen molar-refractivity contribution in [2.75, 3.05) is 18.0 Å². The largest absolute Gasteiger partial charge is 0.478 e. The third-order valence-corrected chi connectivity index (χ3v) is 9.06. The number of hydrogen-bond acceptors (Lipinski definition) is 6. The quantitative estimate of drug-likeness (QED) is 0.251. The topological polar surface area (TPSA) is 88.7 Å². The zero-order chi connectivity index (χ0) is 26.7. The van der Waals surface area contributed by atoms with E-state index in [1.54, 1.807) is 18.2 Å². The number of ether oxygens (including phenoxy) is 1. The van der Waals surface area contributed by atoms with Gasteiger partial charge in [-0.05, 0) is 80.0 Å². The molecule has 3 heterocycles. The second-order valence-corrected chi connectivity index (χ2v) is 12.0. The molecule has 0 unspecified atom stereocenters. The molecule has 0 radical (unpaired) electrons. The lowest BCUT2D eigenvalue weighted by Crippen LogP contribution is -2.44. The van der Waals surface area contributed by atoms with Gasteiger partial charge in [-0.25, -0.2) is 9.78 Å². The van der Waals surface area contributed by atoms with Gasteiger partial charge in [0.15, 0.2) is 0 Å². The van der Waals surface area contributed by atoms with Crippen molar-refractivity contribution in [3.8, 4) is 11.3 Å². The third-order valence-electron chi connectivity index (χ3n) is 8.43. The Hall–Kier alpha value is -3.13. The van der Waals surface area contributed by atoms with E-state index in [0.29, 0.717) is 33.8 Å². The summed E-state index contributed by atoms with van der Waals surface area (Å²) in [6, 6.07) is 14.5. The van der Waals surface area contributed by atoms with Gasteiger partial charge < -0.3 is 19.3 Å². The van der Waals surface area contributed by atoms with Crippen LogP contribution in [0.1, 0.15) is 59.7 Å². The maximum atomic E-state index is 11.3. The molecule has 1 aliphatic heterocycles. The molecular formula is C30H27Cl2N3O4. The Labute approximate surface area is 235 Å². The van der Waals surface area contributed by atoms with E-state index in [4.69, 9.17) is 37.4 Å². The molecule has 4 aromatic rings. The molecule has 7 rings (SSSR count). The summed E-state index contributed by atoms with van der Waals surface area (Å²) in [5, 5.41) is 15.6. The lowest BCUT2D eigenvalue weighted by atomic mass is 9.66. The predicted molar refractivity (Wildman–Crippen MR) is 150 cm³/mol. The highest BCUT2D eigenvalue weighted by Crippen LogP contribution is 2.51. The molecule has 2 aromatic heterocycles. The van der Waals surface area contributed by atoms with Gasteiger partial charge in [0.25, 0.3) is 0 Å². The van der Waals surface area contributed by atoms with E-state index in [0.717, 1.165) is 73.2 Å². The number of nitrogens with zero attached hydrogens (tertiary/aromatic N) is 3. The number of carboxylic acid groups (broad SMARTS) is 1. The first-order valence-corrected chi connectivity index (χ1v) is 14.1. The lowest BCUT2D eigenvalue weighted by Gasteiger charge is -2.44. The fourth-order valence-corrected chi connectivity index (χ4v) is 6.74. The molecule has 1 N–H and O–H groups in total. The first-order chi connectivity index (χ1) is 18.9. The van der Waals surface area contributed by atoms with Crippen LogP contribution in [-0.4, -0.2) is 40.4 Å². The van der Waals surface area contributed by atoms with Crippen molar-refractivity contribution in [1.82, 2.24) is 10.1 Å². The molecule has 2 aliphatic carbocycles. The number of hydrogen-bond donors (Lipinski definition) is 1. The number of carbonyl (C=O) groups is 1. The average Bonchev–Trinajstić information content (AvgIpc) is 3.51. The molecule has 0 bridgehead atoms. The Bertz CT molecular complexity index is 1570. The molecule has 1 spiro atoms. The van der Waals surface area contributed by atoms with E-state index >= 15 is 0 Å². The summed E-state index contributed by atoms with van der Waals surface area (Å²) >= 11 is 13.0. The molecule has 9 heteroatoms. The standard InChI is InChI=1S/C30H27Cl2N3O4/c31-22-2-1-3-23(32)26(22)27-21(28(39-34-27)17-4-5-17)15-38-20-13-30(14-20)10-11-35(16-30)25-9-7-18-12-19(29(36)37)6-8-24(18)33-25/h1-3,6-9,12,17,20H,4-5,10-11,13-16H2,(H,36,37). The van der Waals surface area contributed by atoms with Crippen molar-refractivity contribution >= 4 is 45.9 Å². The highest BCUT2D eigenvalue weighted by atomic mass is 35.5. The van der Waals surface area contributed by atoms with Gasteiger partial charge in [0.05, 0.1) is 33.8 Å². The number of aromatic carboxylic acids is 1. The van der Waals surface area contributed by atoms with Crippen molar-refractivity contribution < 1.29 is 19.2 Å². The van der Waals surface area contributed by atoms with Gasteiger partial charge in [-0.1, -0.05) is 34.4 Å². The molecule has 3 aliphatic rings. The highest BCUT2D eigenvalue weighted by Gasteiger charge is 2.49. The molecule has 0 amide bonds. The minimum Gasteiger partial charge on any atom is -0.478 e. The summed E-state index contributed by atoms with van der Waals surface area (Å²) < 4.78 is 12.2. The van der Waals surface area contributed by atoms with Crippen LogP contribution in [0.5, 0.6) is 0 Å². The SMILES string of the molecule is O=C(O)c1ccc2nc(N3CCC4(CC(OCc5c(-c6c(Cl)cccc6Cl)noc5C5CC5)C4)C3)ccc2c1. The number of carboxylic acids is 1. The van der Waals surface area contributed by atoms with Crippen LogP contribution in [0.4, 0.5) is 5.82 Å². The summed E-state index contributed by atoms with van der Waals surface area (Å²) in [6.07, 6.45) is 5.50. The van der Waals surface area contributed by atoms with Crippen molar-refractivity contribution in [3.05, 3.63) is 75.5 Å². The van der Waals surface area contributed by atoms with Gasteiger partial charge >= 0.3 is 5.97 Å². The maximum Gasteiger partial charge on any atom is 0.335 e. The van der Waals surface area contributed by atoms with Crippen molar-refractivity contribution in [2.24, 2.45) is 5.41 Å². The minimum absolute atomic E-state index is 0.181. The van der Waals surface area contributed by atoms with E-state index in [1.165, 1.54) is 0 Å². The van der Waals surface area contributed by atoms with Crippen LogP contribution in [0.15, 0.2) is 53.1 Å². The van der Waals surface area contributed by atoms with Gasteiger partial charge in [-0.2, -0.15) is 0 Å². The van der Waals surface area contributed by atoms with Crippen molar-refractivity contribution in [2.45, 2.75) is 50.7 Å². The fourth-order valence-electron chi connectivity index (χ4n) is 6.16. The third kappa shape index (κ3) is 4.56. The Morgan fingerprint density at radius 3 is 2.67 bits per heavy atom. The first-order valence-electron chi connectivity index (χ1n) is 13.3. The number of halogens is 2. The molecule has 2 saturated carbocycles. The van der Waals surface area contributed by atoms with Crippen LogP contribution in [0.25, 0.3) is 22.2 Å². The molecular weight excluding hydrogens is 537 g/mol. The highest BCUT2D eigenvalue weighted by molar-refractivity contribution is 6.39. The van der Waals surface area contributed by atoms with E-state index in [-0.39, 0.29) is 17.1 Å². The number of aromatic nitrogens is 2. The minimum atomic E-state index is -0.930. The van der Waals surface area contributed by atoms with Crippen molar-refractivity contribution in [3.63, 3.8) is 0 Å². The Balaban J connectivity index is 1.02. The Kier molecular flexibility index (Phi) is 6.06. The number of anilines is 1. The number of pyridine rings is 1. The summed E-state index contributed by atoms with van der Waals surface area (Å²) in [6.45, 7) is 2.33. The number of benzene rings is 2. The molecule has 0 atom stereocenters. The zero-order valence-corrected chi connectivity index (χ0v) is 22.7. The van der Waals surface area contributed by atoms with Gasteiger partial charge in [-0.3, -0.25) is 0 Å². The van der Waals surface area contributed by atoms with E-state index < -0.39 is 5.97 Å². The Morgan fingerprint density at radius 1 is 1.13 bits per heavy atom. The predicted octanol–water partition coefficient (Wildman–Crippen LogP) is 7.35. The Morgan fingerprint density at radius 2 is 1.92 bits per heavy atom. The van der Waals surface area contributed by atoms with E-state index in [9.17, 15) is 9.90 Å². The molecule has 200 valence electrons.